The summed E-state index contributed by atoms with van der Waals surface area (Å²) >= 11 is 0. The van der Waals surface area contributed by atoms with Gasteiger partial charge in [-0.05, 0) is 78.4 Å². The number of benzene rings is 3. The van der Waals surface area contributed by atoms with Gasteiger partial charge in [-0.2, -0.15) is 0 Å². The molecule has 0 amide bonds. The van der Waals surface area contributed by atoms with E-state index in [1.165, 1.54) is 11.1 Å². The summed E-state index contributed by atoms with van der Waals surface area (Å²) in [5, 5.41) is 0. The van der Waals surface area contributed by atoms with Crippen molar-refractivity contribution in [2.75, 3.05) is 4.90 Å². The first kappa shape index (κ1) is 26.5. The van der Waals surface area contributed by atoms with Crippen molar-refractivity contribution < 1.29 is 19.1 Å². The predicted octanol–water partition coefficient (Wildman–Crippen LogP) is 7.27. The molecule has 0 heterocycles. The highest BCUT2D eigenvalue weighted by atomic mass is 16.5. The summed E-state index contributed by atoms with van der Waals surface area (Å²) in [6.45, 7) is 11.6. The van der Waals surface area contributed by atoms with Gasteiger partial charge < -0.3 is 14.4 Å². The third-order valence-corrected chi connectivity index (χ3v) is 5.88. The molecule has 0 aliphatic heterocycles. The molecule has 3 aromatic rings. The van der Waals surface area contributed by atoms with E-state index in [2.05, 4.69) is 50.1 Å². The first-order valence-electron chi connectivity index (χ1n) is 12.1. The number of rotatable bonds is 12. The van der Waals surface area contributed by atoms with E-state index >= 15 is 0 Å². The van der Waals surface area contributed by atoms with E-state index in [1.807, 2.05) is 48.5 Å². The van der Waals surface area contributed by atoms with Crippen molar-refractivity contribution >= 4 is 29.0 Å². The van der Waals surface area contributed by atoms with Crippen LogP contribution in [-0.2, 0) is 38.7 Å². The zero-order valence-electron chi connectivity index (χ0n) is 21.0. The number of nitrogens with zero attached hydrogens (tertiary/aromatic N) is 1. The molecule has 36 heavy (non-hydrogen) atoms. The topological polar surface area (TPSA) is 55.8 Å². The van der Waals surface area contributed by atoms with Gasteiger partial charge in [-0.1, -0.05) is 56.8 Å². The number of hydrogen-bond donors (Lipinski definition) is 0. The van der Waals surface area contributed by atoms with Crippen LogP contribution in [0.5, 0.6) is 0 Å². The molecule has 5 heteroatoms. The van der Waals surface area contributed by atoms with E-state index in [0.29, 0.717) is 0 Å². The number of unbranched alkanes of at least 4 members (excludes halogenated alkanes) is 1. The number of hydrogen-bond acceptors (Lipinski definition) is 5. The summed E-state index contributed by atoms with van der Waals surface area (Å²) in [6, 6.07) is 22.4. The van der Waals surface area contributed by atoms with Gasteiger partial charge in [-0.3, -0.25) is 0 Å². The van der Waals surface area contributed by atoms with Crippen molar-refractivity contribution in [1.29, 1.82) is 0 Å². The van der Waals surface area contributed by atoms with Crippen LogP contribution in [0.2, 0.25) is 0 Å². The van der Waals surface area contributed by atoms with Crippen LogP contribution in [0.4, 0.5) is 17.1 Å². The highest BCUT2D eigenvalue weighted by Crippen LogP contribution is 2.36. The lowest BCUT2D eigenvalue weighted by Gasteiger charge is -2.27. The highest BCUT2D eigenvalue weighted by Gasteiger charge is 2.14. The van der Waals surface area contributed by atoms with Gasteiger partial charge in [0.15, 0.2) is 0 Å². The molecular formula is C31H33NO4. The first-order valence-corrected chi connectivity index (χ1v) is 12.1. The lowest BCUT2D eigenvalue weighted by molar-refractivity contribution is -0.139. The average molecular weight is 484 g/mol. The van der Waals surface area contributed by atoms with Gasteiger partial charge in [0.2, 0.25) is 0 Å². The molecule has 5 nitrogen and oxygen atoms in total. The molecular weight excluding hydrogens is 450 g/mol. The SMILES string of the molecule is C=CC(=O)OCc1ccc(N(c2ccc(COC(=O)C=C)cc2)c2ccc(C)c(CCCC)c2)cc1. The van der Waals surface area contributed by atoms with E-state index < -0.39 is 11.9 Å². The van der Waals surface area contributed by atoms with Crippen molar-refractivity contribution in [3.05, 3.63) is 114 Å². The lowest BCUT2D eigenvalue weighted by atomic mass is 10.0. The fourth-order valence-corrected chi connectivity index (χ4v) is 3.79. The summed E-state index contributed by atoms with van der Waals surface area (Å²) in [6.07, 6.45) is 5.63. The number of aryl methyl sites for hydroxylation is 2. The summed E-state index contributed by atoms with van der Waals surface area (Å²) in [4.78, 5) is 25.0. The third kappa shape index (κ3) is 7.19. The molecule has 3 rings (SSSR count). The minimum atomic E-state index is -0.446. The maximum atomic E-state index is 11.4. The van der Waals surface area contributed by atoms with Crippen molar-refractivity contribution in [2.45, 2.75) is 46.3 Å². The number of carbonyl (C=O) groups excluding carboxylic acids is 2. The maximum Gasteiger partial charge on any atom is 0.330 e. The second-order valence-electron chi connectivity index (χ2n) is 8.51. The molecule has 0 N–H and O–H groups in total. The van der Waals surface area contributed by atoms with E-state index in [1.54, 1.807) is 0 Å². The smallest absolute Gasteiger partial charge is 0.330 e. The minimum absolute atomic E-state index is 0.189. The molecule has 0 aliphatic rings. The third-order valence-electron chi connectivity index (χ3n) is 5.88. The predicted molar refractivity (Wildman–Crippen MR) is 144 cm³/mol. The largest absolute Gasteiger partial charge is 0.458 e. The molecule has 0 fully saturated rings. The summed E-state index contributed by atoms with van der Waals surface area (Å²) in [7, 11) is 0. The van der Waals surface area contributed by atoms with Gasteiger partial charge in [0.05, 0.1) is 0 Å². The molecule has 0 aliphatic carbocycles. The molecule has 0 atom stereocenters. The molecule has 0 bridgehead atoms. The van der Waals surface area contributed by atoms with Crippen molar-refractivity contribution in [3.63, 3.8) is 0 Å². The quantitative estimate of drug-likeness (QED) is 0.200. The van der Waals surface area contributed by atoms with Gasteiger partial charge in [-0.15, -0.1) is 0 Å². The van der Waals surface area contributed by atoms with Crippen molar-refractivity contribution in [1.82, 2.24) is 0 Å². The molecule has 0 saturated heterocycles. The van der Waals surface area contributed by atoms with Gasteiger partial charge >= 0.3 is 11.9 Å². The highest BCUT2D eigenvalue weighted by molar-refractivity contribution is 5.81. The fourth-order valence-electron chi connectivity index (χ4n) is 3.79. The second kappa shape index (κ2) is 13.1. The Labute approximate surface area is 213 Å². The Bertz CT molecular complexity index is 1130. The lowest BCUT2D eigenvalue weighted by Crippen LogP contribution is -2.11. The van der Waals surface area contributed by atoms with E-state index in [-0.39, 0.29) is 13.2 Å². The molecule has 0 spiro atoms. The average Bonchev–Trinajstić information content (AvgIpc) is 2.91. The van der Waals surface area contributed by atoms with Crippen LogP contribution in [0.15, 0.2) is 92.0 Å². The number of ether oxygens (including phenoxy) is 2. The van der Waals surface area contributed by atoms with Gasteiger partial charge in [0.25, 0.3) is 0 Å². The van der Waals surface area contributed by atoms with Crippen LogP contribution in [-0.4, -0.2) is 11.9 Å². The molecule has 0 saturated carbocycles. The zero-order chi connectivity index (χ0) is 25.9. The van der Waals surface area contributed by atoms with Crippen molar-refractivity contribution in [3.8, 4) is 0 Å². The van der Waals surface area contributed by atoms with E-state index in [4.69, 9.17) is 9.47 Å². The standard InChI is InChI=1S/C31H33NO4/c1-5-8-9-26-20-29(15-10-23(26)4)32(27-16-11-24(12-17-27)21-35-30(33)6-2)28-18-13-25(14-19-28)22-36-31(34)7-3/h6-7,10-20H,2-3,5,8-9,21-22H2,1,4H3. The van der Waals surface area contributed by atoms with Crippen LogP contribution >= 0.6 is 0 Å². The van der Waals surface area contributed by atoms with Crippen LogP contribution < -0.4 is 4.90 Å². The molecule has 0 radical (unpaired) electrons. The number of esters is 2. The maximum absolute atomic E-state index is 11.4. The van der Waals surface area contributed by atoms with Crippen LogP contribution in [0.1, 0.15) is 42.0 Å². The van der Waals surface area contributed by atoms with Gasteiger partial charge in [0.1, 0.15) is 13.2 Å². The Kier molecular flexibility index (Phi) is 9.64. The van der Waals surface area contributed by atoms with Crippen LogP contribution in [0.3, 0.4) is 0 Å². The van der Waals surface area contributed by atoms with Crippen LogP contribution in [0, 0.1) is 6.92 Å². The second-order valence-corrected chi connectivity index (χ2v) is 8.51. The van der Waals surface area contributed by atoms with Gasteiger partial charge in [0, 0.05) is 29.2 Å². The van der Waals surface area contributed by atoms with E-state index in [0.717, 1.165) is 59.6 Å². The number of anilines is 3. The summed E-state index contributed by atoms with van der Waals surface area (Å²) < 4.78 is 10.3. The first-order chi connectivity index (χ1) is 17.4. The zero-order valence-corrected chi connectivity index (χ0v) is 21.0. The minimum Gasteiger partial charge on any atom is -0.458 e. The monoisotopic (exact) mass is 483 g/mol. The molecule has 186 valence electrons. The van der Waals surface area contributed by atoms with E-state index in [9.17, 15) is 9.59 Å². The normalized spacial score (nSPS) is 10.4. The molecule has 0 unspecified atom stereocenters. The Balaban J connectivity index is 1.94. The van der Waals surface area contributed by atoms with Crippen molar-refractivity contribution in [2.24, 2.45) is 0 Å². The Morgan fingerprint density at radius 3 is 1.69 bits per heavy atom. The number of carbonyl (C=O) groups is 2. The van der Waals surface area contributed by atoms with Crippen LogP contribution in [0.25, 0.3) is 0 Å². The summed E-state index contributed by atoms with van der Waals surface area (Å²) in [5.41, 5.74) is 7.41. The Morgan fingerprint density at radius 1 is 0.778 bits per heavy atom. The summed E-state index contributed by atoms with van der Waals surface area (Å²) in [5.74, 6) is -0.891. The Morgan fingerprint density at radius 2 is 1.25 bits per heavy atom. The Hall–Kier alpha value is -4.12. The molecule has 3 aromatic carbocycles. The fraction of sp³-hybridized carbons (Fsp3) is 0.226. The molecule has 0 aromatic heterocycles. The van der Waals surface area contributed by atoms with Gasteiger partial charge in [-0.25, -0.2) is 9.59 Å².